The van der Waals surface area contributed by atoms with E-state index in [0.29, 0.717) is 31.0 Å². The van der Waals surface area contributed by atoms with Gasteiger partial charge < -0.3 is 42.3 Å². The molecule has 3 unspecified atom stereocenters. The van der Waals surface area contributed by atoms with E-state index in [9.17, 15) is 24.3 Å². The zero-order valence-electron chi connectivity index (χ0n) is 36.4. The summed E-state index contributed by atoms with van der Waals surface area (Å²) in [5.41, 5.74) is 4.75. The molecule has 8 N–H and O–H groups in total. The van der Waals surface area contributed by atoms with E-state index >= 15 is 0 Å². The molecule has 2 aromatic carbocycles. The van der Waals surface area contributed by atoms with E-state index in [0.717, 1.165) is 61.8 Å². The monoisotopic (exact) mass is 824 g/mol. The fraction of sp³-hybridized carbons (Fsp3) is 0.674. The zero-order chi connectivity index (χ0) is 43.1. The third kappa shape index (κ3) is 22.6. The molecule has 0 bridgehead atoms. The van der Waals surface area contributed by atoms with Crippen LogP contribution in [0.5, 0.6) is 0 Å². The number of carbonyl (C=O) groups excluding carboxylic acids is 5. The molecule has 4 aliphatic rings. The van der Waals surface area contributed by atoms with E-state index in [-0.39, 0.29) is 42.9 Å². The van der Waals surface area contributed by atoms with E-state index in [1.807, 2.05) is 41.3 Å². The molecule has 2 saturated carbocycles. The molecule has 0 aromatic heterocycles. The first kappa shape index (κ1) is 50.9. The first-order valence-electron chi connectivity index (χ1n) is 22.4. The number of unbranched alkanes of at least 4 members (excludes halogenated alkanes) is 1. The first-order chi connectivity index (χ1) is 28.6. The van der Waals surface area contributed by atoms with Crippen molar-refractivity contribution < 1.29 is 29.1 Å². The minimum absolute atomic E-state index is 0.000797. The Kier molecular flexibility index (Phi) is 27.3. The highest BCUT2D eigenvalue weighted by molar-refractivity contribution is 6.00. The van der Waals surface area contributed by atoms with Crippen molar-refractivity contribution in [1.29, 1.82) is 0 Å². The fourth-order valence-corrected chi connectivity index (χ4v) is 7.83. The topological polar surface area (TPSA) is 195 Å². The Labute approximate surface area is 354 Å². The molecule has 2 heterocycles. The number of urea groups is 1. The number of carbonyl (C=O) groups is 5. The lowest BCUT2D eigenvalue weighted by molar-refractivity contribution is -0.130. The largest absolute Gasteiger partial charge is 0.391 e. The Morgan fingerprint density at radius 1 is 0.831 bits per heavy atom. The maximum absolute atomic E-state index is 12.2. The Morgan fingerprint density at radius 2 is 1.46 bits per heavy atom. The van der Waals surface area contributed by atoms with Gasteiger partial charge in [-0.15, -0.1) is 0 Å². The highest BCUT2D eigenvalue weighted by atomic mass is 16.3. The number of aliphatic hydroxyl groups excluding tert-OH is 1. The molecule has 332 valence electrons. The number of hydrogen-bond acceptors (Lipinski definition) is 7. The summed E-state index contributed by atoms with van der Waals surface area (Å²) in [6.07, 6.45) is 22.3. The van der Waals surface area contributed by atoms with Gasteiger partial charge in [0.15, 0.2) is 0 Å². The van der Waals surface area contributed by atoms with Crippen molar-refractivity contribution >= 4 is 41.4 Å². The number of hydrogen-bond donors (Lipinski definition) is 7. The predicted octanol–water partition coefficient (Wildman–Crippen LogP) is 6.31. The standard InChI is InChI=1S/C18H20N2O2.C15H29N3O3.C7H14.C5H11N.CH3NO/c1-13-5-4-10-20(13)17(21)12-19-18(22)16-9-8-14-6-2-3-7-15(14)11-16;1-12(20)14(17-11-19)9-5-6-10-16-15(21)18-13-7-3-2-4-8-13;1-7-5-3-2-4-6-7;1-2-4-6-5-3-1;2-1-3/h2-3,6-9,11,13H,4-5,10,12H2,1H3,(H,19,22);11-14,20H,2-10H2,1H3,(H,17,19)(H2,16,18,21);7H,2-6H2,1H3;6H,1-5H2;1H,(H2,2,3). The number of fused-ring (bicyclic) bond motifs is 1. The maximum Gasteiger partial charge on any atom is 0.315 e. The van der Waals surface area contributed by atoms with Gasteiger partial charge in [-0.2, -0.15) is 0 Å². The van der Waals surface area contributed by atoms with Crippen molar-refractivity contribution in [3.63, 3.8) is 0 Å². The van der Waals surface area contributed by atoms with Gasteiger partial charge >= 0.3 is 6.03 Å². The van der Waals surface area contributed by atoms with Gasteiger partial charge in [0.25, 0.3) is 5.91 Å². The molecule has 13 heteroatoms. The molecule has 3 atom stereocenters. The lowest BCUT2D eigenvalue weighted by Crippen LogP contribution is -2.43. The molecule has 4 fully saturated rings. The average Bonchev–Trinajstić information content (AvgIpc) is 3.70. The van der Waals surface area contributed by atoms with Crippen LogP contribution < -0.4 is 32.3 Å². The van der Waals surface area contributed by atoms with Crippen molar-refractivity contribution in [2.75, 3.05) is 32.7 Å². The summed E-state index contributed by atoms with van der Waals surface area (Å²) in [7, 11) is 0. The van der Waals surface area contributed by atoms with Gasteiger partial charge in [0.1, 0.15) is 0 Å². The molecule has 6 amide bonds. The van der Waals surface area contributed by atoms with Gasteiger partial charge in [-0.1, -0.05) is 95.0 Å². The van der Waals surface area contributed by atoms with Gasteiger partial charge in [-0.05, 0) is 114 Å². The molecular formula is C46H77N7O6. The van der Waals surface area contributed by atoms with Crippen LogP contribution in [-0.2, 0) is 14.4 Å². The first-order valence-corrected chi connectivity index (χ1v) is 22.4. The van der Waals surface area contributed by atoms with Crippen molar-refractivity contribution in [3.05, 3.63) is 48.0 Å². The van der Waals surface area contributed by atoms with Crippen LogP contribution in [0.2, 0.25) is 0 Å². The third-order valence-corrected chi connectivity index (χ3v) is 11.4. The Morgan fingerprint density at radius 3 is 1.98 bits per heavy atom. The van der Waals surface area contributed by atoms with Gasteiger partial charge in [-0.25, -0.2) is 4.79 Å². The SMILES string of the molecule is C1CCNCC1.CC(O)C(CCCCNC(=O)NC1CCCCC1)NC=O.CC1CCCCC1.CC1CCCN1C(=O)CNC(=O)c1ccc2ccccc2c1.NC=O. The van der Waals surface area contributed by atoms with Crippen molar-refractivity contribution in [1.82, 2.24) is 31.5 Å². The molecule has 59 heavy (non-hydrogen) atoms. The van der Waals surface area contributed by atoms with Crippen molar-refractivity contribution in [2.24, 2.45) is 11.7 Å². The molecule has 13 nitrogen and oxygen atoms in total. The molecule has 6 rings (SSSR count). The van der Waals surface area contributed by atoms with Crippen molar-refractivity contribution in [2.45, 2.75) is 161 Å². The number of likely N-dealkylation sites (tertiary alicyclic amines) is 1. The number of primary amides is 1. The van der Waals surface area contributed by atoms with Crippen LogP contribution in [-0.4, -0.2) is 97.6 Å². The summed E-state index contributed by atoms with van der Waals surface area (Å²) in [6, 6.07) is 13.8. The van der Waals surface area contributed by atoms with Crippen LogP contribution in [0.25, 0.3) is 10.8 Å². The quantitative estimate of drug-likeness (QED) is 0.0962. The minimum Gasteiger partial charge on any atom is -0.391 e. The van der Waals surface area contributed by atoms with E-state index in [2.05, 4.69) is 46.2 Å². The predicted molar refractivity (Wildman–Crippen MR) is 238 cm³/mol. The second-order valence-electron chi connectivity index (χ2n) is 16.4. The Balaban J connectivity index is 0.000000297. The number of nitrogens with zero attached hydrogens (tertiary/aromatic N) is 1. The molecule has 0 radical (unpaired) electrons. The molecule has 2 aliphatic heterocycles. The maximum atomic E-state index is 12.2. The number of aliphatic hydroxyl groups is 1. The number of piperidine rings is 1. The van der Waals surface area contributed by atoms with Crippen molar-refractivity contribution in [3.8, 4) is 0 Å². The molecule has 2 saturated heterocycles. The second kappa shape index (κ2) is 31.7. The highest BCUT2D eigenvalue weighted by Crippen LogP contribution is 2.22. The van der Waals surface area contributed by atoms with Gasteiger partial charge in [0, 0.05) is 30.7 Å². The van der Waals surface area contributed by atoms with Crippen LogP contribution >= 0.6 is 0 Å². The summed E-state index contributed by atoms with van der Waals surface area (Å²) in [5.74, 6) is 0.832. The van der Waals surface area contributed by atoms with Crippen LogP contribution in [0.1, 0.15) is 147 Å². The van der Waals surface area contributed by atoms with Crippen LogP contribution in [0.4, 0.5) is 4.79 Å². The van der Waals surface area contributed by atoms with E-state index < -0.39 is 6.10 Å². The number of amides is 6. The van der Waals surface area contributed by atoms with E-state index in [1.165, 1.54) is 83.7 Å². The normalized spacial score (nSPS) is 18.8. The number of rotatable bonds is 12. The average molecular weight is 824 g/mol. The summed E-state index contributed by atoms with van der Waals surface area (Å²) in [4.78, 5) is 56.9. The summed E-state index contributed by atoms with van der Waals surface area (Å²) < 4.78 is 0. The number of nitrogens with one attached hydrogen (secondary N) is 5. The molecule has 2 aliphatic carbocycles. The van der Waals surface area contributed by atoms with Crippen LogP contribution in [0, 0.1) is 5.92 Å². The van der Waals surface area contributed by atoms with Gasteiger partial charge in [0.2, 0.25) is 18.7 Å². The molecule has 0 spiro atoms. The molecular weight excluding hydrogens is 747 g/mol. The van der Waals surface area contributed by atoms with Crippen LogP contribution in [0.3, 0.4) is 0 Å². The highest BCUT2D eigenvalue weighted by Gasteiger charge is 2.25. The van der Waals surface area contributed by atoms with Crippen LogP contribution in [0.15, 0.2) is 42.5 Å². The summed E-state index contributed by atoms with van der Waals surface area (Å²) in [5, 5.41) is 26.1. The summed E-state index contributed by atoms with van der Waals surface area (Å²) >= 11 is 0. The Hall–Kier alpha value is -4.23. The number of benzene rings is 2. The zero-order valence-corrected chi connectivity index (χ0v) is 36.4. The molecule has 2 aromatic rings. The fourth-order valence-electron chi connectivity index (χ4n) is 7.83. The minimum atomic E-state index is -0.558. The van der Waals surface area contributed by atoms with E-state index in [4.69, 9.17) is 4.79 Å². The number of nitrogens with two attached hydrogens (primary N) is 1. The smallest absolute Gasteiger partial charge is 0.315 e. The second-order valence-corrected chi connectivity index (χ2v) is 16.4. The third-order valence-electron chi connectivity index (χ3n) is 11.4. The van der Waals surface area contributed by atoms with Gasteiger partial charge in [0.05, 0.1) is 18.7 Å². The lowest BCUT2D eigenvalue weighted by Gasteiger charge is -2.23. The van der Waals surface area contributed by atoms with E-state index in [1.54, 1.807) is 13.0 Å². The summed E-state index contributed by atoms with van der Waals surface area (Å²) in [6.45, 7) is 10.1. The lowest BCUT2D eigenvalue weighted by atomic mass is 9.91. The van der Waals surface area contributed by atoms with Gasteiger partial charge in [-0.3, -0.25) is 19.2 Å². The Bertz CT molecular complexity index is 1450.